The fourth-order valence-electron chi connectivity index (χ4n) is 3.58. The van der Waals surface area contributed by atoms with Gasteiger partial charge >= 0.3 is 0 Å². The van der Waals surface area contributed by atoms with Crippen LogP contribution in [0, 0.1) is 11.3 Å². The number of nitrogens with zero attached hydrogens (tertiary/aromatic N) is 1. The minimum Gasteiger partial charge on any atom is -0.396 e. The van der Waals surface area contributed by atoms with Crippen LogP contribution in [-0.4, -0.2) is 41.5 Å². The van der Waals surface area contributed by atoms with E-state index in [9.17, 15) is 4.79 Å². The Kier molecular flexibility index (Phi) is 4.44. The number of aliphatic hydroxyl groups excluding tert-OH is 1. The second-order valence-corrected chi connectivity index (χ2v) is 6.64. The van der Waals surface area contributed by atoms with Crippen molar-refractivity contribution in [3.63, 3.8) is 0 Å². The Morgan fingerprint density at radius 1 is 1.33 bits per heavy atom. The lowest BCUT2D eigenvalue weighted by Gasteiger charge is -2.37. The predicted octanol–water partition coefficient (Wildman–Crippen LogP) is 2.23. The van der Waals surface area contributed by atoms with Crippen molar-refractivity contribution in [2.45, 2.75) is 58.4 Å². The molecule has 0 aromatic heterocycles. The van der Waals surface area contributed by atoms with E-state index >= 15 is 0 Å². The number of Topliss-reactive ketones (excluding diaryl/α,β-unsaturated/α-hetero) is 1. The van der Waals surface area contributed by atoms with E-state index in [1.165, 1.54) is 19.3 Å². The van der Waals surface area contributed by atoms with Gasteiger partial charge in [0.25, 0.3) is 0 Å². The second kappa shape index (κ2) is 5.70. The number of carbonyl (C=O) groups is 1. The van der Waals surface area contributed by atoms with Gasteiger partial charge in [-0.15, -0.1) is 0 Å². The van der Waals surface area contributed by atoms with Gasteiger partial charge in [-0.05, 0) is 38.6 Å². The molecule has 0 bridgehead atoms. The number of hydrogen-bond donors (Lipinski definition) is 1. The molecule has 1 heterocycles. The Morgan fingerprint density at radius 3 is 2.72 bits per heavy atom. The standard InChI is InChI=1S/C15H27NO2/c1-15(2)8-6-12(14(15)18)11-16-9-4-3-5-13(16)7-10-17/h12-13,17H,3-11H2,1-2H3. The zero-order valence-electron chi connectivity index (χ0n) is 11.8. The number of hydrogen-bond acceptors (Lipinski definition) is 3. The van der Waals surface area contributed by atoms with Crippen LogP contribution in [0.1, 0.15) is 52.4 Å². The maximum atomic E-state index is 12.3. The average Bonchev–Trinajstić information content (AvgIpc) is 2.59. The van der Waals surface area contributed by atoms with E-state index in [4.69, 9.17) is 5.11 Å². The molecule has 2 rings (SSSR count). The number of likely N-dealkylation sites (tertiary alicyclic amines) is 1. The molecule has 1 saturated carbocycles. The second-order valence-electron chi connectivity index (χ2n) is 6.64. The number of carbonyl (C=O) groups excluding carboxylic acids is 1. The van der Waals surface area contributed by atoms with E-state index in [1.807, 2.05) is 0 Å². The summed E-state index contributed by atoms with van der Waals surface area (Å²) in [5.41, 5.74) is -0.104. The minimum absolute atomic E-state index is 0.104. The highest BCUT2D eigenvalue weighted by Crippen LogP contribution is 2.38. The van der Waals surface area contributed by atoms with Crippen LogP contribution in [-0.2, 0) is 4.79 Å². The van der Waals surface area contributed by atoms with Gasteiger partial charge in [-0.2, -0.15) is 0 Å². The molecule has 2 unspecified atom stereocenters. The first-order chi connectivity index (χ1) is 8.54. The third-order valence-electron chi connectivity index (χ3n) is 4.82. The van der Waals surface area contributed by atoms with Gasteiger partial charge in [-0.25, -0.2) is 0 Å². The largest absolute Gasteiger partial charge is 0.396 e. The highest BCUT2D eigenvalue weighted by atomic mass is 16.3. The van der Waals surface area contributed by atoms with E-state index in [0.717, 1.165) is 32.4 Å². The quantitative estimate of drug-likeness (QED) is 0.835. The molecule has 0 aromatic rings. The van der Waals surface area contributed by atoms with Crippen molar-refractivity contribution in [2.24, 2.45) is 11.3 Å². The monoisotopic (exact) mass is 253 g/mol. The van der Waals surface area contributed by atoms with Gasteiger partial charge in [0, 0.05) is 30.5 Å². The molecule has 104 valence electrons. The molecular weight excluding hydrogens is 226 g/mol. The van der Waals surface area contributed by atoms with Crippen molar-refractivity contribution in [3.8, 4) is 0 Å². The number of piperidine rings is 1. The summed E-state index contributed by atoms with van der Waals surface area (Å²) in [6, 6.07) is 0.500. The molecule has 1 N–H and O–H groups in total. The van der Waals surface area contributed by atoms with Gasteiger partial charge in [0.2, 0.25) is 0 Å². The molecular formula is C15H27NO2. The van der Waals surface area contributed by atoms with Gasteiger partial charge in [-0.3, -0.25) is 9.69 Å². The van der Waals surface area contributed by atoms with Crippen molar-refractivity contribution in [1.82, 2.24) is 4.90 Å². The topological polar surface area (TPSA) is 40.5 Å². The molecule has 3 heteroatoms. The average molecular weight is 253 g/mol. The smallest absolute Gasteiger partial charge is 0.142 e. The summed E-state index contributed by atoms with van der Waals surface area (Å²) in [6.07, 6.45) is 6.65. The fourth-order valence-corrected chi connectivity index (χ4v) is 3.58. The summed E-state index contributed by atoms with van der Waals surface area (Å²) in [5.74, 6) is 0.690. The SMILES string of the molecule is CC1(C)CCC(CN2CCCCC2CCO)C1=O. The van der Waals surface area contributed by atoms with Crippen molar-refractivity contribution in [2.75, 3.05) is 19.7 Å². The van der Waals surface area contributed by atoms with Crippen molar-refractivity contribution < 1.29 is 9.90 Å². The van der Waals surface area contributed by atoms with Crippen LogP contribution >= 0.6 is 0 Å². The first-order valence-corrected chi connectivity index (χ1v) is 7.44. The highest BCUT2D eigenvalue weighted by molar-refractivity contribution is 5.88. The first kappa shape index (κ1) is 14.0. The summed E-state index contributed by atoms with van der Waals surface area (Å²) in [7, 11) is 0. The van der Waals surface area contributed by atoms with Crippen LogP contribution in [0.15, 0.2) is 0 Å². The Bertz CT molecular complexity index is 299. The normalized spacial score (nSPS) is 32.9. The van der Waals surface area contributed by atoms with Crippen LogP contribution in [0.2, 0.25) is 0 Å². The van der Waals surface area contributed by atoms with Crippen LogP contribution in [0.5, 0.6) is 0 Å². The van der Waals surface area contributed by atoms with Crippen LogP contribution in [0.3, 0.4) is 0 Å². The molecule has 2 atom stereocenters. The zero-order chi connectivity index (χ0) is 13.2. The summed E-state index contributed by atoms with van der Waals surface area (Å²) >= 11 is 0. The molecule has 1 aliphatic heterocycles. The lowest BCUT2D eigenvalue weighted by atomic mass is 9.88. The van der Waals surface area contributed by atoms with E-state index < -0.39 is 0 Å². The van der Waals surface area contributed by atoms with Gasteiger partial charge in [0.05, 0.1) is 0 Å². The molecule has 0 aromatic carbocycles. The first-order valence-electron chi connectivity index (χ1n) is 7.44. The zero-order valence-corrected chi connectivity index (χ0v) is 11.8. The Morgan fingerprint density at radius 2 is 2.11 bits per heavy atom. The van der Waals surface area contributed by atoms with Crippen LogP contribution in [0.4, 0.5) is 0 Å². The van der Waals surface area contributed by atoms with Gasteiger partial charge in [0.1, 0.15) is 5.78 Å². The molecule has 3 nitrogen and oxygen atoms in total. The Hall–Kier alpha value is -0.410. The maximum Gasteiger partial charge on any atom is 0.142 e. The van der Waals surface area contributed by atoms with E-state index in [2.05, 4.69) is 18.7 Å². The minimum atomic E-state index is -0.104. The van der Waals surface area contributed by atoms with Crippen molar-refractivity contribution >= 4 is 5.78 Å². The summed E-state index contributed by atoms with van der Waals surface area (Å²) in [6.45, 7) is 6.46. The lowest BCUT2D eigenvalue weighted by molar-refractivity contribution is -0.128. The molecule has 1 aliphatic carbocycles. The van der Waals surface area contributed by atoms with Crippen molar-refractivity contribution in [1.29, 1.82) is 0 Å². The third kappa shape index (κ3) is 2.94. The van der Waals surface area contributed by atoms with E-state index in [-0.39, 0.29) is 17.9 Å². The lowest BCUT2D eigenvalue weighted by Crippen LogP contribution is -2.44. The molecule has 0 spiro atoms. The number of aliphatic hydroxyl groups is 1. The maximum absolute atomic E-state index is 12.3. The fraction of sp³-hybridized carbons (Fsp3) is 0.933. The van der Waals surface area contributed by atoms with Gasteiger partial charge in [0.15, 0.2) is 0 Å². The molecule has 0 radical (unpaired) electrons. The van der Waals surface area contributed by atoms with Gasteiger partial charge < -0.3 is 5.11 Å². The summed E-state index contributed by atoms with van der Waals surface area (Å²) in [4.78, 5) is 14.8. The Balaban J connectivity index is 1.93. The molecule has 18 heavy (non-hydrogen) atoms. The molecule has 2 aliphatic rings. The van der Waals surface area contributed by atoms with E-state index in [0.29, 0.717) is 11.8 Å². The number of ketones is 1. The third-order valence-corrected chi connectivity index (χ3v) is 4.82. The summed E-state index contributed by atoms with van der Waals surface area (Å²) < 4.78 is 0. The van der Waals surface area contributed by atoms with E-state index in [1.54, 1.807) is 0 Å². The molecule has 1 saturated heterocycles. The highest BCUT2D eigenvalue weighted by Gasteiger charge is 2.41. The van der Waals surface area contributed by atoms with Crippen LogP contribution in [0.25, 0.3) is 0 Å². The predicted molar refractivity (Wildman–Crippen MR) is 72.4 cm³/mol. The van der Waals surface area contributed by atoms with Crippen LogP contribution < -0.4 is 0 Å². The Labute approximate surface area is 111 Å². The molecule has 2 fully saturated rings. The number of rotatable bonds is 4. The summed E-state index contributed by atoms with van der Waals surface area (Å²) in [5, 5.41) is 9.14. The van der Waals surface area contributed by atoms with Crippen molar-refractivity contribution in [3.05, 3.63) is 0 Å². The van der Waals surface area contributed by atoms with Gasteiger partial charge in [-0.1, -0.05) is 20.3 Å². The molecule has 0 amide bonds.